The van der Waals surface area contributed by atoms with Gasteiger partial charge >= 0.3 is 0 Å². The lowest BCUT2D eigenvalue weighted by molar-refractivity contribution is -0.00524. The second-order valence-electron chi connectivity index (χ2n) is 4.78. The SMILES string of the molecule is CC1CN(c2ccc([C@@H](C)O)nc2)CC(C)O1. The molecule has 94 valence electrons. The summed E-state index contributed by atoms with van der Waals surface area (Å²) in [7, 11) is 0. The lowest BCUT2D eigenvalue weighted by atomic mass is 10.2. The smallest absolute Gasteiger partial charge is 0.0931 e. The maximum atomic E-state index is 9.41. The van der Waals surface area contributed by atoms with E-state index >= 15 is 0 Å². The van der Waals surface area contributed by atoms with Crippen molar-refractivity contribution in [1.82, 2.24) is 4.98 Å². The van der Waals surface area contributed by atoms with E-state index in [1.807, 2.05) is 18.3 Å². The van der Waals surface area contributed by atoms with Crippen LogP contribution in [0, 0.1) is 0 Å². The lowest BCUT2D eigenvalue weighted by Gasteiger charge is -2.36. The minimum absolute atomic E-state index is 0.246. The van der Waals surface area contributed by atoms with Crippen LogP contribution in [0.3, 0.4) is 0 Å². The molecule has 2 rings (SSSR count). The minimum atomic E-state index is -0.508. The maximum Gasteiger partial charge on any atom is 0.0931 e. The first kappa shape index (κ1) is 12.3. The average molecular weight is 236 g/mol. The Morgan fingerprint density at radius 1 is 1.35 bits per heavy atom. The number of nitrogens with zero attached hydrogens (tertiary/aromatic N) is 2. The van der Waals surface area contributed by atoms with Crippen LogP contribution in [0.15, 0.2) is 18.3 Å². The van der Waals surface area contributed by atoms with E-state index in [-0.39, 0.29) is 12.2 Å². The van der Waals surface area contributed by atoms with Crippen LogP contribution >= 0.6 is 0 Å². The maximum absolute atomic E-state index is 9.41. The molecule has 0 saturated carbocycles. The number of aliphatic hydroxyl groups excluding tert-OH is 1. The molecule has 17 heavy (non-hydrogen) atoms. The summed E-state index contributed by atoms with van der Waals surface area (Å²) in [6.07, 6.45) is 1.81. The fourth-order valence-electron chi connectivity index (χ4n) is 2.22. The number of ether oxygens (including phenoxy) is 1. The molecule has 0 spiro atoms. The van der Waals surface area contributed by atoms with Crippen LogP contribution in [0.1, 0.15) is 32.6 Å². The molecule has 1 aliphatic heterocycles. The normalized spacial score (nSPS) is 26.9. The van der Waals surface area contributed by atoms with Gasteiger partial charge < -0.3 is 14.7 Å². The standard InChI is InChI=1S/C13H20N2O2/c1-9-7-15(8-10(2)17-9)12-4-5-13(11(3)16)14-6-12/h4-6,9-11,16H,7-8H2,1-3H3/t9?,10?,11-/m1/s1. The number of anilines is 1. The Labute approximate surface area is 102 Å². The fraction of sp³-hybridized carbons (Fsp3) is 0.615. The summed E-state index contributed by atoms with van der Waals surface area (Å²) in [5.41, 5.74) is 1.81. The Bertz CT molecular complexity index is 354. The third kappa shape index (κ3) is 2.96. The van der Waals surface area contributed by atoms with Crippen LogP contribution < -0.4 is 4.90 Å². The van der Waals surface area contributed by atoms with E-state index in [1.54, 1.807) is 6.92 Å². The van der Waals surface area contributed by atoms with Gasteiger partial charge in [0, 0.05) is 13.1 Å². The number of pyridine rings is 1. The number of hydrogen-bond acceptors (Lipinski definition) is 4. The molecule has 1 saturated heterocycles. The van der Waals surface area contributed by atoms with E-state index < -0.39 is 6.10 Å². The number of aromatic nitrogens is 1. The summed E-state index contributed by atoms with van der Waals surface area (Å²) in [5, 5.41) is 9.41. The average Bonchev–Trinajstić information content (AvgIpc) is 2.28. The summed E-state index contributed by atoms with van der Waals surface area (Å²) in [6, 6.07) is 3.89. The molecule has 1 aliphatic rings. The van der Waals surface area contributed by atoms with E-state index in [4.69, 9.17) is 4.74 Å². The summed E-state index contributed by atoms with van der Waals surface area (Å²) in [4.78, 5) is 6.55. The molecular formula is C13H20N2O2. The molecule has 4 nitrogen and oxygen atoms in total. The molecule has 2 unspecified atom stereocenters. The van der Waals surface area contributed by atoms with Gasteiger partial charge in [-0.25, -0.2) is 0 Å². The van der Waals surface area contributed by atoms with Crippen LogP contribution in [0.5, 0.6) is 0 Å². The number of hydrogen-bond donors (Lipinski definition) is 1. The third-order valence-electron chi connectivity index (χ3n) is 2.98. The van der Waals surface area contributed by atoms with Gasteiger partial charge in [-0.2, -0.15) is 0 Å². The van der Waals surface area contributed by atoms with Crippen molar-refractivity contribution in [2.24, 2.45) is 0 Å². The van der Waals surface area contributed by atoms with Crippen LogP contribution in [0.4, 0.5) is 5.69 Å². The Morgan fingerprint density at radius 3 is 2.47 bits per heavy atom. The molecule has 0 aliphatic carbocycles. The summed E-state index contributed by atoms with van der Waals surface area (Å²) >= 11 is 0. The van der Waals surface area contributed by atoms with Crippen molar-refractivity contribution in [3.8, 4) is 0 Å². The summed E-state index contributed by atoms with van der Waals surface area (Å²) in [5.74, 6) is 0. The van der Waals surface area contributed by atoms with Gasteiger partial charge in [-0.3, -0.25) is 4.98 Å². The minimum Gasteiger partial charge on any atom is -0.387 e. The van der Waals surface area contributed by atoms with Crippen LogP contribution in [-0.2, 0) is 4.74 Å². The molecule has 0 aromatic carbocycles. The predicted molar refractivity (Wildman–Crippen MR) is 67.1 cm³/mol. The van der Waals surface area contributed by atoms with Crippen molar-refractivity contribution in [2.75, 3.05) is 18.0 Å². The van der Waals surface area contributed by atoms with Crippen molar-refractivity contribution in [3.63, 3.8) is 0 Å². The Kier molecular flexibility index (Phi) is 3.64. The fourth-order valence-corrected chi connectivity index (χ4v) is 2.22. The molecule has 1 aromatic rings. The molecule has 0 amide bonds. The Morgan fingerprint density at radius 2 is 2.00 bits per heavy atom. The van der Waals surface area contributed by atoms with Gasteiger partial charge in [-0.05, 0) is 32.9 Å². The summed E-state index contributed by atoms with van der Waals surface area (Å²) in [6.45, 7) is 7.67. The Balaban J connectivity index is 2.11. The van der Waals surface area contributed by atoms with Gasteiger partial charge in [0.2, 0.25) is 0 Å². The first-order valence-corrected chi connectivity index (χ1v) is 6.10. The molecule has 1 fully saturated rings. The quantitative estimate of drug-likeness (QED) is 0.849. The first-order chi connectivity index (χ1) is 8.06. The summed E-state index contributed by atoms with van der Waals surface area (Å²) < 4.78 is 5.70. The van der Waals surface area contributed by atoms with Crippen molar-refractivity contribution >= 4 is 5.69 Å². The monoisotopic (exact) mass is 236 g/mol. The van der Waals surface area contributed by atoms with Gasteiger partial charge in [-0.15, -0.1) is 0 Å². The molecular weight excluding hydrogens is 216 g/mol. The van der Waals surface area contributed by atoms with Gasteiger partial charge in [0.1, 0.15) is 0 Å². The van der Waals surface area contributed by atoms with Crippen LogP contribution in [0.25, 0.3) is 0 Å². The highest BCUT2D eigenvalue weighted by Crippen LogP contribution is 2.20. The molecule has 0 bridgehead atoms. The van der Waals surface area contributed by atoms with Crippen molar-refractivity contribution < 1.29 is 9.84 Å². The third-order valence-corrected chi connectivity index (χ3v) is 2.98. The number of morpholine rings is 1. The zero-order chi connectivity index (χ0) is 12.4. The highest BCUT2D eigenvalue weighted by molar-refractivity contribution is 5.45. The van der Waals surface area contributed by atoms with Crippen LogP contribution in [-0.4, -0.2) is 35.4 Å². The van der Waals surface area contributed by atoms with E-state index in [0.29, 0.717) is 5.69 Å². The van der Waals surface area contributed by atoms with E-state index in [0.717, 1.165) is 18.8 Å². The highest BCUT2D eigenvalue weighted by Gasteiger charge is 2.22. The van der Waals surface area contributed by atoms with Crippen molar-refractivity contribution in [2.45, 2.75) is 39.1 Å². The molecule has 1 N–H and O–H groups in total. The zero-order valence-corrected chi connectivity index (χ0v) is 10.6. The van der Waals surface area contributed by atoms with E-state index in [1.165, 1.54) is 0 Å². The van der Waals surface area contributed by atoms with Gasteiger partial charge in [0.05, 0.1) is 35.9 Å². The first-order valence-electron chi connectivity index (χ1n) is 6.10. The highest BCUT2D eigenvalue weighted by atomic mass is 16.5. The van der Waals surface area contributed by atoms with Gasteiger partial charge in [-0.1, -0.05) is 0 Å². The van der Waals surface area contributed by atoms with Gasteiger partial charge in [0.15, 0.2) is 0 Å². The predicted octanol–water partition coefficient (Wildman–Crippen LogP) is 1.75. The lowest BCUT2D eigenvalue weighted by Crippen LogP contribution is -2.45. The Hall–Kier alpha value is -1.13. The molecule has 0 radical (unpaired) electrons. The molecule has 1 aromatic heterocycles. The molecule has 2 heterocycles. The van der Waals surface area contributed by atoms with E-state index in [9.17, 15) is 5.11 Å². The second-order valence-corrected chi connectivity index (χ2v) is 4.78. The zero-order valence-electron chi connectivity index (χ0n) is 10.6. The topological polar surface area (TPSA) is 45.6 Å². The molecule has 4 heteroatoms. The molecule has 3 atom stereocenters. The number of rotatable bonds is 2. The van der Waals surface area contributed by atoms with Crippen molar-refractivity contribution in [1.29, 1.82) is 0 Å². The van der Waals surface area contributed by atoms with Crippen LogP contribution in [0.2, 0.25) is 0 Å². The second kappa shape index (κ2) is 5.02. The largest absolute Gasteiger partial charge is 0.387 e. The van der Waals surface area contributed by atoms with Crippen molar-refractivity contribution in [3.05, 3.63) is 24.0 Å². The number of aliphatic hydroxyl groups is 1. The van der Waals surface area contributed by atoms with E-state index in [2.05, 4.69) is 23.7 Å². The van der Waals surface area contributed by atoms with Gasteiger partial charge in [0.25, 0.3) is 0 Å².